The fraction of sp³-hybridized carbons (Fsp3) is 0.450. The molecule has 1 N–H and O–H groups in total. The van der Waals surface area contributed by atoms with Crippen molar-refractivity contribution in [3.05, 3.63) is 52.7 Å². The summed E-state index contributed by atoms with van der Waals surface area (Å²) in [4.78, 5) is 29.4. The van der Waals surface area contributed by atoms with Crippen LogP contribution in [-0.2, 0) is 6.42 Å². The summed E-state index contributed by atoms with van der Waals surface area (Å²) in [6.45, 7) is 5.98. The number of nitrogens with one attached hydrogen (secondary N) is 1. The Labute approximate surface area is 147 Å². The molecule has 0 radical (unpaired) electrons. The number of Topliss-reactive ketones (excluding diaryl/α,β-unsaturated/α-hetero) is 1. The molecule has 0 saturated carbocycles. The summed E-state index contributed by atoms with van der Waals surface area (Å²) in [5, 5.41) is 3.09. The number of hydrogen-bond donors (Lipinski definition) is 1. The molecule has 5 nitrogen and oxygen atoms in total. The first-order valence-corrected chi connectivity index (χ1v) is 8.83. The third kappa shape index (κ3) is 3.65. The number of rotatable bonds is 5. The second-order valence-corrected chi connectivity index (χ2v) is 7.05. The van der Waals surface area contributed by atoms with Crippen molar-refractivity contribution in [3.63, 3.8) is 0 Å². The van der Waals surface area contributed by atoms with Gasteiger partial charge in [0.15, 0.2) is 5.78 Å². The summed E-state index contributed by atoms with van der Waals surface area (Å²) in [7, 11) is 0. The molecule has 5 heteroatoms. The molecular formula is C20H24N2O3. The highest BCUT2D eigenvalue weighted by Crippen LogP contribution is 2.30. The van der Waals surface area contributed by atoms with E-state index < -0.39 is 0 Å². The van der Waals surface area contributed by atoms with Crippen molar-refractivity contribution in [1.82, 2.24) is 10.3 Å². The van der Waals surface area contributed by atoms with Crippen LogP contribution in [0.15, 0.2) is 28.9 Å². The lowest BCUT2D eigenvalue weighted by atomic mass is 9.92. The van der Waals surface area contributed by atoms with Crippen LogP contribution < -0.4 is 5.32 Å². The van der Waals surface area contributed by atoms with E-state index in [0.29, 0.717) is 41.4 Å². The summed E-state index contributed by atoms with van der Waals surface area (Å²) in [5.74, 6) is 1.34. The number of aromatic nitrogens is 1. The van der Waals surface area contributed by atoms with Gasteiger partial charge in [0.1, 0.15) is 11.5 Å². The summed E-state index contributed by atoms with van der Waals surface area (Å²) in [6.07, 6.45) is 6.26. The van der Waals surface area contributed by atoms with Crippen LogP contribution in [0.3, 0.4) is 0 Å². The largest absolute Gasteiger partial charge is 0.465 e. The number of ketones is 1. The van der Waals surface area contributed by atoms with Gasteiger partial charge in [0.25, 0.3) is 5.91 Å². The second kappa shape index (κ2) is 7.21. The number of aryl methyl sites for hydroxylation is 2. The van der Waals surface area contributed by atoms with Crippen LogP contribution in [0.1, 0.15) is 77.0 Å². The zero-order chi connectivity index (χ0) is 18.0. The highest BCUT2D eigenvalue weighted by molar-refractivity contribution is 6.10. The van der Waals surface area contributed by atoms with E-state index >= 15 is 0 Å². The molecule has 2 heterocycles. The highest BCUT2D eigenvalue weighted by Gasteiger charge is 2.31. The quantitative estimate of drug-likeness (QED) is 0.892. The van der Waals surface area contributed by atoms with E-state index in [1.807, 2.05) is 12.1 Å². The van der Waals surface area contributed by atoms with Gasteiger partial charge in [0.2, 0.25) is 0 Å². The van der Waals surface area contributed by atoms with Crippen LogP contribution in [0, 0.1) is 12.8 Å². The van der Waals surface area contributed by atoms with Gasteiger partial charge in [-0.15, -0.1) is 0 Å². The summed E-state index contributed by atoms with van der Waals surface area (Å²) < 4.78 is 5.70. The Morgan fingerprint density at radius 2 is 2.16 bits per heavy atom. The molecule has 0 aromatic carbocycles. The number of carbonyl (C=O) groups is 2. The first-order chi connectivity index (χ1) is 12.0. The Morgan fingerprint density at radius 3 is 2.84 bits per heavy atom. The summed E-state index contributed by atoms with van der Waals surface area (Å²) in [6, 6.07) is 3.68. The van der Waals surface area contributed by atoms with Gasteiger partial charge in [0, 0.05) is 25.2 Å². The molecule has 1 aliphatic carbocycles. The Hall–Kier alpha value is -2.43. The van der Waals surface area contributed by atoms with Crippen LogP contribution in [0.25, 0.3) is 0 Å². The van der Waals surface area contributed by atoms with E-state index in [4.69, 9.17) is 4.42 Å². The number of fused-ring (bicyclic) bond motifs is 1. The number of nitrogens with zero attached hydrogens (tertiary/aromatic N) is 1. The predicted octanol–water partition coefficient (Wildman–Crippen LogP) is 4.02. The molecule has 132 valence electrons. The van der Waals surface area contributed by atoms with E-state index in [-0.39, 0.29) is 17.7 Å². The maximum absolute atomic E-state index is 13.0. The smallest absolute Gasteiger partial charge is 0.256 e. The lowest BCUT2D eigenvalue weighted by Gasteiger charge is -2.21. The standard InChI is InChI=1S/C20H24N2O3/c1-12(2)10-15(14-6-5-9-21-11-14)22-20(24)18-13(3)25-17-8-4-7-16(23)19(17)18/h5-6,9,11-12,15H,4,7-8,10H2,1-3H3,(H,22,24)/t15-/m1/s1. The summed E-state index contributed by atoms with van der Waals surface area (Å²) in [5.41, 5.74) is 1.85. The predicted molar refractivity (Wildman–Crippen MR) is 94.6 cm³/mol. The normalized spacial score (nSPS) is 15.1. The molecule has 0 bridgehead atoms. The van der Waals surface area contributed by atoms with Crippen LogP contribution >= 0.6 is 0 Å². The maximum atomic E-state index is 13.0. The topological polar surface area (TPSA) is 72.2 Å². The Kier molecular flexibility index (Phi) is 5.02. The molecule has 0 aliphatic heterocycles. The van der Waals surface area contributed by atoms with Gasteiger partial charge in [-0.1, -0.05) is 19.9 Å². The van der Waals surface area contributed by atoms with Gasteiger partial charge in [-0.25, -0.2) is 0 Å². The van der Waals surface area contributed by atoms with Gasteiger partial charge < -0.3 is 9.73 Å². The molecule has 1 atom stereocenters. The van der Waals surface area contributed by atoms with Crippen molar-refractivity contribution < 1.29 is 14.0 Å². The van der Waals surface area contributed by atoms with Gasteiger partial charge in [-0.3, -0.25) is 14.6 Å². The fourth-order valence-electron chi connectivity index (χ4n) is 3.44. The van der Waals surface area contributed by atoms with E-state index in [2.05, 4.69) is 24.1 Å². The summed E-state index contributed by atoms with van der Waals surface area (Å²) >= 11 is 0. The Morgan fingerprint density at radius 1 is 1.36 bits per heavy atom. The molecule has 1 amide bonds. The molecule has 0 unspecified atom stereocenters. The van der Waals surface area contributed by atoms with E-state index in [1.165, 1.54) is 0 Å². The van der Waals surface area contributed by atoms with Gasteiger partial charge >= 0.3 is 0 Å². The van der Waals surface area contributed by atoms with Crippen molar-refractivity contribution in [1.29, 1.82) is 0 Å². The molecule has 1 aliphatic rings. The van der Waals surface area contributed by atoms with Crippen LogP contribution in [0.5, 0.6) is 0 Å². The van der Waals surface area contributed by atoms with Crippen molar-refractivity contribution in [2.45, 2.75) is 52.5 Å². The van der Waals surface area contributed by atoms with Crippen LogP contribution in [0.4, 0.5) is 0 Å². The van der Waals surface area contributed by atoms with E-state index in [1.54, 1.807) is 19.3 Å². The number of carbonyl (C=O) groups excluding carboxylic acids is 2. The number of pyridine rings is 1. The highest BCUT2D eigenvalue weighted by atomic mass is 16.3. The zero-order valence-electron chi connectivity index (χ0n) is 15.0. The molecule has 2 aromatic heterocycles. The third-order valence-corrected chi connectivity index (χ3v) is 4.57. The molecule has 25 heavy (non-hydrogen) atoms. The molecule has 0 saturated heterocycles. The average Bonchev–Trinajstić information content (AvgIpc) is 2.92. The lowest BCUT2D eigenvalue weighted by molar-refractivity contribution is 0.0912. The Balaban J connectivity index is 1.90. The van der Waals surface area contributed by atoms with Gasteiger partial charge in [0.05, 0.1) is 17.2 Å². The molecular weight excluding hydrogens is 316 g/mol. The second-order valence-electron chi connectivity index (χ2n) is 7.05. The zero-order valence-corrected chi connectivity index (χ0v) is 15.0. The minimum Gasteiger partial charge on any atom is -0.465 e. The monoisotopic (exact) mass is 340 g/mol. The van der Waals surface area contributed by atoms with Crippen molar-refractivity contribution in [3.8, 4) is 0 Å². The molecule has 3 rings (SSSR count). The Bertz CT molecular complexity index is 778. The van der Waals surface area contributed by atoms with E-state index in [9.17, 15) is 9.59 Å². The number of hydrogen-bond acceptors (Lipinski definition) is 4. The van der Waals surface area contributed by atoms with Crippen LogP contribution in [0.2, 0.25) is 0 Å². The van der Waals surface area contributed by atoms with Crippen molar-refractivity contribution >= 4 is 11.7 Å². The molecule has 0 fully saturated rings. The SMILES string of the molecule is Cc1oc2c(c1C(=O)N[C@H](CC(C)C)c1cccnc1)C(=O)CCC2. The number of furan rings is 1. The fourth-order valence-corrected chi connectivity index (χ4v) is 3.44. The molecule has 2 aromatic rings. The van der Waals surface area contributed by atoms with Gasteiger partial charge in [-0.05, 0) is 37.3 Å². The van der Waals surface area contributed by atoms with Gasteiger partial charge in [-0.2, -0.15) is 0 Å². The minimum atomic E-state index is -0.243. The van der Waals surface area contributed by atoms with Crippen molar-refractivity contribution in [2.24, 2.45) is 5.92 Å². The average molecular weight is 340 g/mol. The first kappa shape index (κ1) is 17.4. The van der Waals surface area contributed by atoms with E-state index in [0.717, 1.165) is 18.4 Å². The number of amides is 1. The lowest BCUT2D eigenvalue weighted by Crippen LogP contribution is -2.31. The third-order valence-electron chi connectivity index (χ3n) is 4.57. The first-order valence-electron chi connectivity index (χ1n) is 8.83. The minimum absolute atomic E-state index is 0.00466. The molecule has 0 spiro atoms. The maximum Gasteiger partial charge on any atom is 0.256 e. The van der Waals surface area contributed by atoms with Crippen LogP contribution in [-0.4, -0.2) is 16.7 Å². The van der Waals surface area contributed by atoms with Crippen molar-refractivity contribution in [2.75, 3.05) is 0 Å².